The molecule has 0 radical (unpaired) electrons. The summed E-state index contributed by atoms with van der Waals surface area (Å²) in [7, 11) is 0. The predicted octanol–water partition coefficient (Wildman–Crippen LogP) is 2.33. The fourth-order valence-corrected chi connectivity index (χ4v) is 4.53. The van der Waals surface area contributed by atoms with Crippen molar-refractivity contribution in [3.05, 3.63) is 41.4 Å². The zero-order valence-corrected chi connectivity index (χ0v) is 16.5. The normalized spacial score (nSPS) is 24.7. The molecular weight excluding hydrogens is 378 g/mol. The molecule has 4 rings (SSSR count). The zero-order chi connectivity index (χ0) is 19.7. The number of halogens is 1. The average molecular weight is 402 g/mol. The van der Waals surface area contributed by atoms with E-state index in [4.69, 9.17) is 11.6 Å². The first-order chi connectivity index (χ1) is 13.5. The molecule has 2 atom stereocenters. The van der Waals surface area contributed by atoms with Crippen molar-refractivity contribution in [1.82, 2.24) is 9.80 Å². The van der Waals surface area contributed by atoms with E-state index in [0.717, 1.165) is 18.8 Å². The molecule has 0 unspecified atom stereocenters. The van der Waals surface area contributed by atoms with E-state index in [2.05, 4.69) is 4.90 Å². The molecule has 2 saturated heterocycles. The summed E-state index contributed by atoms with van der Waals surface area (Å²) in [6, 6.07) is 7.71. The Kier molecular flexibility index (Phi) is 5.40. The molecule has 1 aliphatic carbocycles. The molecule has 0 saturated carbocycles. The van der Waals surface area contributed by atoms with Crippen LogP contribution in [0.3, 0.4) is 0 Å². The Bertz CT molecular complexity index is 791. The minimum Gasteiger partial charge on any atom is -0.368 e. The summed E-state index contributed by atoms with van der Waals surface area (Å²) in [6.45, 7) is 2.93. The van der Waals surface area contributed by atoms with Crippen LogP contribution in [0, 0.1) is 11.8 Å². The maximum absolute atomic E-state index is 12.6. The Morgan fingerprint density at radius 2 is 1.64 bits per heavy atom. The van der Waals surface area contributed by atoms with Crippen LogP contribution in [0.15, 0.2) is 36.4 Å². The lowest BCUT2D eigenvalue weighted by molar-refractivity contribution is -0.140. The molecule has 0 bridgehead atoms. The Labute approximate surface area is 169 Å². The number of allylic oxidation sites excluding steroid dienone is 2. The van der Waals surface area contributed by atoms with E-state index in [9.17, 15) is 14.4 Å². The number of hydrogen-bond acceptors (Lipinski definition) is 4. The predicted molar refractivity (Wildman–Crippen MR) is 107 cm³/mol. The molecule has 2 aliphatic heterocycles. The fourth-order valence-electron chi connectivity index (χ4n) is 4.34. The number of imide groups is 1. The van der Waals surface area contributed by atoms with E-state index in [1.807, 2.05) is 41.3 Å². The summed E-state index contributed by atoms with van der Waals surface area (Å²) in [6.07, 6.45) is 5.40. The number of carbonyl (C=O) groups excluding carboxylic acids is 3. The van der Waals surface area contributed by atoms with Crippen molar-refractivity contribution < 1.29 is 14.4 Å². The molecule has 0 N–H and O–H groups in total. The van der Waals surface area contributed by atoms with Gasteiger partial charge in [-0.1, -0.05) is 29.8 Å². The van der Waals surface area contributed by atoms with Crippen molar-refractivity contribution in [2.75, 3.05) is 37.6 Å². The van der Waals surface area contributed by atoms with Crippen molar-refractivity contribution in [1.29, 1.82) is 0 Å². The fraction of sp³-hybridized carbons (Fsp3) is 0.476. The number of nitrogens with zero attached hydrogens (tertiary/aromatic N) is 3. The van der Waals surface area contributed by atoms with Gasteiger partial charge in [-0.25, -0.2) is 0 Å². The molecule has 3 aliphatic rings. The minimum atomic E-state index is -0.228. The van der Waals surface area contributed by atoms with E-state index >= 15 is 0 Å². The Morgan fingerprint density at radius 1 is 1.00 bits per heavy atom. The molecule has 0 aromatic heterocycles. The number of anilines is 1. The lowest BCUT2D eigenvalue weighted by Gasteiger charge is -2.36. The van der Waals surface area contributed by atoms with Crippen LogP contribution < -0.4 is 4.90 Å². The highest BCUT2D eigenvalue weighted by Crippen LogP contribution is 2.35. The lowest BCUT2D eigenvalue weighted by Crippen LogP contribution is -2.49. The minimum absolute atomic E-state index is 0.000610. The van der Waals surface area contributed by atoms with E-state index < -0.39 is 0 Å². The number of rotatable bonds is 4. The summed E-state index contributed by atoms with van der Waals surface area (Å²) in [5.41, 5.74) is 1.06. The molecule has 0 spiro atoms. The smallest absolute Gasteiger partial charge is 0.233 e. The average Bonchev–Trinajstić information content (AvgIpc) is 2.97. The highest BCUT2D eigenvalue weighted by molar-refractivity contribution is 6.30. The summed E-state index contributed by atoms with van der Waals surface area (Å²) in [4.78, 5) is 42.9. The van der Waals surface area contributed by atoms with Gasteiger partial charge in [0.05, 0.1) is 11.8 Å². The number of hydrogen-bond donors (Lipinski definition) is 0. The van der Waals surface area contributed by atoms with Gasteiger partial charge >= 0.3 is 0 Å². The molecule has 2 heterocycles. The number of amides is 3. The first kappa shape index (κ1) is 19.0. The third-order valence-electron chi connectivity index (χ3n) is 5.95. The van der Waals surface area contributed by atoms with Gasteiger partial charge in [0, 0.05) is 49.9 Å². The van der Waals surface area contributed by atoms with Crippen LogP contribution in [0.1, 0.15) is 19.3 Å². The van der Waals surface area contributed by atoms with E-state index in [-0.39, 0.29) is 42.5 Å². The molecule has 2 fully saturated rings. The number of piperazine rings is 1. The van der Waals surface area contributed by atoms with Crippen molar-refractivity contribution in [3.8, 4) is 0 Å². The molecule has 28 heavy (non-hydrogen) atoms. The number of likely N-dealkylation sites (tertiary alicyclic amines) is 1. The molecule has 6 nitrogen and oxygen atoms in total. The van der Waals surface area contributed by atoms with E-state index in [1.54, 1.807) is 0 Å². The van der Waals surface area contributed by atoms with Crippen LogP contribution in [0.25, 0.3) is 0 Å². The second-order valence-corrected chi connectivity index (χ2v) is 8.02. The Morgan fingerprint density at radius 3 is 2.25 bits per heavy atom. The van der Waals surface area contributed by atoms with Crippen molar-refractivity contribution >= 4 is 35.0 Å². The second kappa shape index (κ2) is 7.95. The summed E-state index contributed by atoms with van der Waals surface area (Å²) >= 11 is 6.06. The maximum Gasteiger partial charge on any atom is 0.233 e. The van der Waals surface area contributed by atoms with Gasteiger partial charge in [0.1, 0.15) is 0 Å². The number of benzene rings is 1. The van der Waals surface area contributed by atoms with Crippen molar-refractivity contribution in [2.24, 2.45) is 11.8 Å². The van der Waals surface area contributed by atoms with Crippen LogP contribution in [0.2, 0.25) is 5.02 Å². The van der Waals surface area contributed by atoms with E-state index in [0.29, 0.717) is 31.0 Å². The first-order valence-corrected chi connectivity index (χ1v) is 10.2. The van der Waals surface area contributed by atoms with Gasteiger partial charge in [-0.3, -0.25) is 19.3 Å². The second-order valence-electron chi connectivity index (χ2n) is 7.58. The third-order valence-corrected chi connectivity index (χ3v) is 6.19. The summed E-state index contributed by atoms with van der Waals surface area (Å²) in [5, 5.41) is 0.701. The topological polar surface area (TPSA) is 60.9 Å². The number of carbonyl (C=O) groups is 3. The van der Waals surface area contributed by atoms with Crippen LogP contribution in [-0.2, 0) is 14.4 Å². The monoisotopic (exact) mass is 401 g/mol. The van der Waals surface area contributed by atoms with Gasteiger partial charge in [-0.2, -0.15) is 0 Å². The molecule has 1 aromatic carbocycles. The van der Waals surface area contributed by atoms with Crippen LogP contribution in [0.5, 0.6) is 0 Å². The standard InChI is InChI=1S/C21H24ClN3O3/c22-15-4-3-5-16(14-15)23-10-12-24(13-11-23)19(26)8-9-25-20(27)17-6-1-2-7-18(17)21(25)28/h1-5,14,17-18H,6-13H2/t17-,18-/m1/s1. The first-order valence-electron chi connectivity index (χ1n) is 9.83. The quantitative estimate of drug-likeness (QED) is 0.574. The molecule has 1 aromatic rings. The highest BCUT2D eigenvalue weighted by Gasteiger charge is 2.47. The van der Waals surface area contributed by atoms with Gasteiger partial charge in [-0.15, -0.1) is 0 Å². The van der Waals surface area contributed by atoms with Gasteiger partial charge in [-0.05, 0) is 31.0 Å². The van der Waals surface area contributed by atoms with Crippen LogP contribution in [0.4, 0.5) is 5.69 Å². The van der Waals surface area contributed by atoms with Crippen LogP contribution in [-0.4, -0.2) is 60.2 Å². The van der Waals surface area contributed by atoms with Gasteiger partial charge in [0.2, 0.25) is 17.7 Å². The lowest BCUT2D eigenvalue weighted by atomic mass is 9.85. The molecule has 7 heteroatoms. The van der Waals surface area contributed by atoms with E-state index in [1.165, 1.54) is 4.90 Å². The number of fused-ring (bicyclic) bond motifs is 1. The van der Waals surface area contributed by atoms with Gasteiger partial charge in [0.15, 0.2) is 0 Å². The van der Waals surface area contributed by atoms with Crippen LogP contribution >= 0.6 is 11.6 Å². The summed E-state index contributed by atoms with van der Waals surface area (Å²) in [5.74, 6) is -0.683. The van der Waals surface area contributed by atoms with Gasteiger partial charge < -0.3 is 9.80 Å². The third kappa shape index (κ3) is 3.65. The summed E-state index contributed by atoms with van der Waals surface area (Å²) < 4.78 is 0. The zero-order valence-electron chi connectivity index (χ0n) is 15.7. The van der Waals surface area contributed by atoms with Crippen molar-refractivity contribution in [2.45, 2.75) is 19.3 Å². The largest absolute Gasteiger partial charge is 0.368 e. The Balaban J connectivity index is 1.28. The van der Waals surface area contributed by atoms with Crippen molar-refractivity contribution in [3.63, 3.8) is 0 Å². The molecule has 148 valence electrons. The van der Waals surface area contributed by atoms with Gasteiger partial charge in [0.25, 0.3) is 0 Å². The molecule has 3 amide bonds. The molecular formula is C21H24ClN3O3. The highest BCUT2D eigenvalue weighted by atomic mass is 35.5. The SMILES string of the molecule is O=C(CCN1C(=O)[C@@H]2CC=CC[C@H]2C1=O)N1CCN(c2cccc(Cl)c2)CC1. The maximum atomic E-state index is 12.6. The Hall–Kier alpha value is -2.34.